The molecule has 6 nitrogen and oxygen atoms in total. The number of carbonyl (C=O) groups is 2. The van der Waals surface area contributed by atoms with Crippen molar-refractivity contribution < 1.29 is 49.8 Å². The maximum atomic E-state index is 13.6. The summed E-state index contributed by atoms with van der Waals surface area (Å²) < 4.78 is 36.1. The summed E-state index contributed by atoms with van der Waals surface area (Å²) in [6.07, 6.45) is 7.73. The number of aliphatic hydroxyl groups excluding tert-OH is 1. The Kier molecular flexibility index (Phi) is 10.8. The van der Waals surface area contributed by atoms with E-state index >= 15 is 0 Å². The lowest BCUT2D eigenvalue weighted by Crippen LogP contribution is -3.00. The first-order valence-electron chi connectivity index (χ1n) is 16.4. The normalized spacial score (nSPS) is 32.8. The largest absolute Gasteiger partial charge is 1.00 e. The van der Waals surface area contributed by atoms with E-state index in [1.165, 1.54) is 35.2 Å². The number of aromatic nitrogens is 2. The summed E-state index contributed by atoms with van der Waals surface area (Å²) in [6, 6.07) is 7.27. The van der Waals surface area contributed by atoms with Crippen LogP contribution in [0.15, 0.2) is 65.1 Å². The highest BCUT2D eigenvalue weighted by atomic mass is 79.9. The zero-order valence-electron chi connectivity index (χ0n) is 27.8. The number of pyridine rings is 1. The van der Waals surface area contributed by atoms with E-state index in [-0.39, 0.29) is 57.7 Å². The van der Waals surface area contributed by atoms with E-state index in [9.17, 15) is 23.5 Å². The molecule has 1 aromatic carbocycles. The van der Waals surface area contributed by atoms with Gasteiger partial charge < -0.3 is 26.8 Å². The second-order valence-corrected chi connectivity index (χ2v) is 16.5. The average Bonchev–Trinajstić information content (AvgIpc) is 3.66. The second-order valence-electron chi connectivity index (χ2n) is 14.4. The highest BCUT2D eigenvalue weighted by molar-refractivity contribution is 8.01. The minimum atomic E-state index is -0.701. The molecule has 6 rings (SSSR count). The number of esters is 1. The molecule has 11 heteroatoms. The van der Waals surface area contributed by atoms with Gasteiger partial charge in [-0.3, -0.25) is 9.59 Å². The van der Waals surface area contributed by atoms with E-state index < -0.39 is 34.7 Å². The van der Waals surface area contributed by atoms with Gasteiger partial charge in [-0.15, -0.1) is 17.9 Å². The van der Waals surface area contributed by atoms with E-state index in [0.717, 1.165) is 40.9 Å². The number of hydrogen-bond donors (Lipinski definition) is 1. The van der Waals surface area contributed by atoms with Gasteiger partial charge in [0.25, 0.3) is 0 Å². The molecule has 0 unspecified atom stereocenters. The van der Waals surface area contributed by atoms with Crippen LogP contribution in [-0.2, 0) is 20.9 Å². The predicted octanol–water partition coefficient (Wildman–Crippen LogP) is 4.43. The second kappa shape index (κ2) is 14.0. The first kappa shape index (κ1) is 36.8. The van der Waals surface area contributed by atoms with Crippen LogP contribution in [-0.4, -0.2) is 39.8 Å². The van der Waals surface area contributed by atoms with Crippen molar-refractivity contribution in [3.05, 3.63) is 78.0 Å². The summed E-state index contributed by atoms with van der Waals surface area (Å²) in [4.78, 5) is 31.9. The fourth-order valence-electron chi connectivity index (χ4n) is 8.92. The van der Waals surface area contributed by atoms with Crippen molar-refractivity contribution in [2.75, 3.05) is 5.75 Å². The molecule has 3 aliphatic rings. The zero-order valence-corrected chi connectivity index (χ0v) is 31.0. The van der Waals surface area contributed by atoms with Gasteiger partial charge in [-0.05, 0) is 55.1 Å². The topological polar surface area (TPSA) is 80.4 Å². The lowest BCUT2D eigenvalue weighted by atomic mass is 9.44. The first-order valence-corrected chi connectivity index (χ1v) is 18.2. The molecule has 258 valence electrons. The Morgan fingerprint density at radius 2 is 1.88 bits per heavy atom. The van der Waals surface area contributed by atoms with Crippen LogP contribution in [0.2, 0.25) is 0 Å². The van der Waals surface area contributed by atoms with Crippen molar-refractivity contribution >= 4 is 34.9 Å². The zero-order chi connectivity index (χ0) is 33.7. The van der Waals surface area contributed by atoms with Gasteiger partial charge in [-0.25, -0.2) is 18.3 Å². The number of rotatable bonds is 8. The predicted molar refractivity (Wildman–Crippen MR) is 179 cm³/mol. The van der Waals surface area contributed by atoms with Gasteiger partial charge in [0.1, 0.15) is 23.5 Å². The van der Waals surface area contributed by atoms with Crippen LogP contribution in [0.1, 0.15) is 65.4 Å². The lowest BCUT2D eigenvalue weighted by molar-refractivity contribution is -0.688. The Morgan fingerprint density at radius 1 is 1.19 bits per heavy atom. The van der Waals surface area contributed by atoms with E-state index in [2.05, 4.69) is 27.4 Å². The number of Topliss-reactive ketones (excluding diaryl/α,β-unsaturated/α-hetero) is 1. The standard InChI is InChI=1S/C37H43F2N2O4S2.BrH/c1-6-35(4)18-30(36(5)22(2)7-11-37(23(3)33(35)44)12-8-29(42)32(36)37)45-31(43)21-47-34-40-28(20-46-34)25-9-13-41(14-10-25)19-24-15-26(38)17-27(39)16-24;/h6,9-10,13-17,20,22-23,30,32-33,44H,1,7-8,11-12,18-19,21H2,2-5H3;1H/q+1;/p-1/t22-,23+,30-,32+,33+,35-,36+,37+;/m1./s1. The molecule has 2 aromatic heterocycles. The number of aliphatic hydroxyl groups is 1. The summed E-state index contributed by atoms with van der Waals surface area (Å²) in [5.41, 5.74) is 0.635. The third-order valence-electron chi connectivity index (χ3n) is 11.8. The summed E-state index contributed by atoms with van der Waals surface area (Å²) >= 11 is 2.76. The van der Waals surface area contributed by atoms with Gasteiger partial charge in [0.05, 0.1) is 17.6 Å². The Balaban J connectivity index is 0.00000451. The van der Waals surface area contributed by atoms with Gasteiger partial charge in [-0.1, -0.05) is 45.5 Å². The summed E-state index contributed by atoms with van der Waals surface area (Å²) in [5, 5.41) is 13.7. The molecular weight excluding hydrogens is 718 g/mol. The number of benzene rings is 1. The number of thioether (sulfide) groups is 1. The van der Waals surface area contributed by atoms with Gasteiger partial charge in [0, 0.05) is 57.9 Å². The van der Waals surface area contributed by atoms with Crippen LogP contribution >= 0.6 is 23.1 Å². The van der Waals surface area contributed by atoms with Crippen molar-refractivity contribution in [3.8, 4) is 11.3 Å². The van der Waals surface area contributed by atoms with Gasteiger partial charge in [0.2, 0.25) is 0 Å². The molecule has 1 N–H and O–H groups in total. The average molecular weight is 762 g/mol. The molecule has 3 aliphatic carbocycles. The van der Waals surface area contributed by atoms with Crippen molar-refractivity contribution in [1.82, 2.24) is 4.98 Å². The SMILES string of the molecule is C=C[C@]1(C)C[C@@H](OC(=O)CSc2nc(-c3cc[n+](Cc4cc(F)cc(F)c4)cc3)cs2)[C@]2(C)[C@H](C)CC[C@]3(CCC(=O)[C@H]32)[C@@H](C)[C@@H]1O.[Br-]. The summed E-state index contributed by atoms with van der Waals surface area (Å²) in [6.45, 7) is 12.8. The minimum absolute atomic E-state index is 0. The van der Waals surface area contributed by atoms with Crippen molar-refractivity contribution in [2.45, 2.75) is 82.9 Å². The molecule has 8 atom stereocenters. The number of ketones is 1. The number of nitrogens with zero attached hydrogens (tertiary/aromatic N) is 2. The third-order valence-corrected chi connectivity index (χ3v) is 13.8. The highest BCUT2D eigenvalue weighted by Gasteiger charge is 2.68. The molecule has 0 radical (unpaired) electrons. The molecule has 3 aromatic rings. The maximum Gasteiger partial charge on any atom is 0.316 e. The summed E-state index contributed by atoms with van der Waals surface area (Å²) in [7, 11) is 0. The van der Waals surface area contributed by atoms with Crippen LogP contribution in [0.5, 0.6) is 0 Å². The highest BCUT2D eigenvalue weighted by Crippen LogP contribution is 2.68. The van der Waals surface area contributed by atoms with Crippen molar-refractivity contribution in [3.63, 3.8) is 0 Å². The number of halogens is 3. The quantitative estimate of drug-likeness (QED) is 0.159. The molecule has 0 amide bonds. The van der Waals surface area contributed by atoms with Crippen LogP contribution in [0.25, 0.3) is 11.3 Å². The fourth-order valence-corrected chi connectivity index (χ4v) is 10.5. The number of ether oxygens (including phenoxy) is 1. The van der Waals surface area contributed by atoms with Crippen LogP contribution < -0.4 is 21.5 Å². The Morgan fingerprint density at radius 3 is 2.54 bits per heavy atom. The van der Waals surface area contributed by atoms with Gasteiger partial charge in [-0.2, -0.15) is 0 Å². The van der Waals surface area contributed by atoms with E-state index in [1.54, 1.807) is 0 Å². The fraction of sp³-hybridized carbons (Fsp3) is 0.514. The van der Waals surface area contributed by atoms with Gasteiger partial charge in [0.15, 0.2) is 23.3 Å². The van der Waals surface area contributed by atoms with Crippen molar-refractivity contribution in [1.29, 1.82) is 0 Å². The molecule has 3 saturated carbocycles. The van der Waals surface area contributed by atoms with Crippen LogP contribution in [0.3, 0.4) is 0 Å². The molecular formula is C37H43BrF2N2O4S2. The molecule has 3 fully saturated rings. The smallest absolute Gasteiger partial charge is 0.316 e. The van der Waals surface area contributed by atoms with Crippen LogP contribution in [0.4, 0.5) is 8.78 Å². The molecule has 48 heavy (non-hydrogen) atoms. The Labute approximate surface area is 300 Å². The third kappa shape index (κ3) is 6.56. The number of thiazole rings is 1. The van der Waals surface area contributed by atoms with E-state index in [1.807, 2.05) is 47.5 Å². The number of hydrogen-bond acceptors (Lipinski definition) is 7. The minimum Gasteiger partial charge on any atom is -1.00 e. The number of carbonyl (C=O) groups excluding carboxylic acids is 2. The molecule has 0 aliphatic heterocycles. The molecule has 0 saturated heterocycles. The Bertz CT molecular complexity index is 1670. The lowest BCUT2D eigenvalue weighted by Gasteiger charge is -2.61. The Hall–Kier alpha value is -2.47. The molecule has 2 heterocycles. The van der Waals surface area contributed by atoms with Crippen LogP contribution in [0, 0.1) is 45.6 Å². The first-order chi connectivity index (χ1) is 22.3. The molecule has 2 bridgehead atoms. The van der Waals surface area contributed by atoms with Gasteiger partial charge >= 0.3 is 5.97 Å². The molecule has 0 spiro atoms. The van der Waals surface area contributed by atoms with E-state index in [4.69, 9.17) is 9.72 Å². The summed E-state index contributed by atoms with van der Waals surface area (Å²) in [5.74, 6) is -1.43. The monoisotopic (exact) mass is 760 g/mol. The van der Waals surface area contributed by atoms with Crippen molar-refractivity contribution in [2.24, 2.45) is 34.0 Å². The van der Waals surface area contributed by atoms with E-state index in [0.29, 0.717) is 24.9 Å². The maximum absolute atomic E-state index is 13.6.